The highest BCUT2D eigenvalue weighted by molar-refractivity contribution is 5.87. The standard InChI is InChI=1S/C24H48N4O4/c1-14-17(4)21(18(31-13)15-19(29)32-24(5,6)7)28(12)22(30)20(16(2)3)25-23(26(8)9)27(10)11/h16-18,20-21H,14-15H2,1-13H3. The van der Waals surface area contributed by atoms with E-state index in [-0.39, 0.29) is 36.2 Å². The molecule has 32 heavy (non-hydrogen) atoms. The zero-order chi connectivity index (χ0) is 25.4. The number of hydrogen-bond donors (Lipinski definition) is 0. The second-order valence-corrected chi connectivity index (χ2v) is 10.3. The van der Waals surface area contributed by atoms with Gasteiger partial charge in [-0.2, -0.15) is 0 Å². The van der Waals surface area contributed by atoms with Gasteiger partial charge in [0.05, 0.1) is 18.6 Å². The fourth-order valence-electron chi connectivity index (χ4n) is 3.73. The van der Waals surface area contributed by atoms with Crippen molar-refractivity contribution in [3.63, 3.8) is 0 Å². The Kier molecular flexibility index (Phi) is 12.3. The predicted octanol–water partition coefficient (Wildman–Crippen LogP) is 3.11. The van der Waals surface area contributed by atoms with E-state index in [1.54, 1.807) is 19.1 Å². The number of likely N-dealkylation sites (N-methyl/N-ethyl adjacent to an activating group) is 1. The van der Waals surface area contributed by atoms with Crippen LogP contribution in [0.5, 0.6) is 0 Å². The second-order valence-electron chi connectivity index (χ2n) is 10.3. The van der Waals surface area contributed by atoms with Gasteiger partial charge in [0.25, 0.3) is 0 Å². The molecule has 0 aromatic heterocycles. The van der Waals surface area contributed by atoms with Crippen LogP contribution in [0.25, 0.3) is 0 Å². The first-order valence-electron chi connectivity index (χ1n) is 11.5. The topological polar surface area (TPSA) is 74.7 Å². The van der Waals surface area contributed by atoms with Crippen molar-refractivity contribution in [3.8, 4) is 0 Å². The Labute approximate surface area is 196 Å². The molecule has 0 bridgehead atoms. The third-order valence-corrected chi connectivity index (χ3v) is 5.43. The first-order valence-corrected chi connectivity index (χ1v) is 11.5. The maximum absolute atomic E-state index is 13.7. The van der Waals surface area contributed by atoms with Crippen molar-refractivity contribution in [1.29, 1.82) is 0 Å². The number of guanidine groups is 1. The van der Waals surface area contributed by atoms with Gasteiger partial charge in [0, 0.05) is 42.3 Å². The molecule has 8 heteroatoms. The minimum absolute atomic E-state index is 0.00397. The molecule has 4 atom stereocenters. The average molecular weight is 457 g/mol. The Morgan fingerprint density at radius 1 is 0.969 bits per heavy atom. The van der Waals surface area contributed by atoms with Gasteiger partial charge >= 0.3 is 5.97 Å². The fourth-order valence-corrected chi connectivity index (χ4v) is 3.73. The van der Waals surface area contributed by atoms with Crippen LogP contribution < -0.4 is 0 Å². The average Bonchev–Trinajstić information content (AvgIpc) is 2.64. The highest BCUT2D eigenvalue weighted by Crippen LogP contribution is 2.25. The smallest absolute Gasteiger partial charge is 0.309 e. The lowest BCUT2D eigenvalue weighted by atomic mass is 9.90. The molecule has 1 amide bonds. The third-order valence-electron chi connectivity index (χ3n) is 5.43. The van der Waals surface area contributed by atoms with Crippen molar-refractivity contribution in [2.45, 2.75) is 85.1 Å². The van der Waals surface area contributed by atoms with E-state index in [2.05, 4.69) is 13.8 Å². The van der Waals surface area contributed by atoms with Crippen molar-refractivity contribution >= 4 is 17.8 Å². The maximum Gasteiger partial charge on any atom is 0.309 e. The molecule has 0 saturated heterocycles. The Morgan fingerprint density at radius 3 is 1.81 bits per heavy atom. The summed E-state index contributed by atoms with van der Waals surface area (Å²) in [5.41, 5.74) is -0.574. The Morgan fingerprint density at radius 2 is 1.47 bits per heavy atom. The zero-order valence-electron chi connectivity index (χ0n) is 22.7. The van der Waals surface area contributed by atoms with E-state index in [1.807, 2.05) is 72.6 Å². The first-order chi connectivity index (χ1) is 14.6. The molecule has 0 fully saturated rings. The number of esters is 1. The summed E-state index contributed by atoms with van der Waals surface area (Å²) in [6.07, 6.45) is 0.441. The van der Waals surface area contributed by atoms with Crippen LogP contribution in [-0.2, 0) is 19.1 Å². The third kappa shape index (κ3) is 9.35. The highest BCUT2D eigenvalue weighted by atomic mass is 16.6. The molecule has 4 unspecified atom stereocenters. The molecule has 0 rings (SSSR count). The molecule has 0 aromatic carbocycles. The van der Waals surface area contributed by atoms with Crippen molar-refractivity contribution < 1.29 is 19.1 Å². The SMILES string of the molecule is CCC(C)C(C(CC(=O)OC(C)(C)C)OC)N(C)C(=O)C(N=C(N(C)C)N(C)C)C(C)C. The number of methoxy groups -OCH3 is 1. The number of ether oxygens (including phenoxy) is 2. The summed E-state index contributed by atoms with van der Waals surface area (Å²) in [7, 11) is 11.0. The lowest BCUT2D eigenvalue weighted by molar-refractivity contribution is -0.160. The van der Waals surface area contributed by atoms with E-state index < -0.39 is 17.7 Å². The molecular formula is C24H48N4O4. The Bertz CT molecular complexity index is 616. The van der Waals surface area contributed by atoms with Gasteiger partial charge in [-0.3, -0.25) is 9.59 Å². The lowest BCUT2D eigenvalue weighted by Gasteiger charge is -2.39. The number of aliphatic imine (C=N–C) groups is 1. The van der Waals surface area contributed by atoms with Crippen LogP contribution in [0.15, 0.2) is 4.99 Å². The monoisotopic (exact) mass is 456 g/mol. The highest BCUT2D eigenvalue weighted by Gasteiger charge is 2.38. The number of amides is 1. The first kappa shape index (κ1) is 30.2. The molecule has 0 N–H and O–H groups in total. The Hall–Kier alpha value is -1.83. The summed E-state index contributed by atoms with van der Waals surface area (Å²) in [5, 5.41) is 0. The van der Waals surface area contributed by atoms with E-state index >= 15 is 0 Å². The van der Waals surface area contributed by atoms with Gasteiger partial charge in [0.1, 0.15) is 11.6 Å². The van der Waals surface area contributed by atoms with Crippen molar-refractivity contribution in [1.82, 2.24) is 14.7 Å². The van der Waals surface area contributed by atoms with Gasteiger partial charge in [-0.1, -0.05) is 34.1 Å². The van der Waals surface area contributed by atoms with Crippen LogP contribution in [0.3, 0.4) is 0 Å². The van der Waals surface area contributed by atoms with Gasteiger partial charge in [-0.05, 0) is 32.6 Å². The Balaban J connectivity index is 6.03. The van der Waals surface area contributed by atoms with Crippen LogP contribution in [0.4, 0.5) is 0 Å². The van der Waals surface area contributed by atoms with Gasteiger partial charge in [-0.25, -0.2) is 4.99 Å². The van der Waals surface area contributed by atoms with Crippen LogP contribution >= 0.6 is 0 Å². The molecule has 0 aliphatic heterocycles. The normalized spacial score (nSPS) is 15.4. The van der Waals surface area contributed by atoms with E-state index in [1.165, 1.54) is 0 Å². The van der Waals surface area contributed by atoms with Crippen LogP contribution in [0.1, 0.15) is 61.3 Å². The summed E-state index contributed by atoms with van der Waals surface area (Å²) in [6.45, 7) is 13.7. The minimum Gasteiger partial charge on any atom is -0.460 e. The second kappa shape index (κ2) is 13.0. The van der Waals surface area contributed by atoms with Crippen molar-refractivity contribution in [2.24, 2.45) is 16.8 Å². The molecule has 8 nitrogen and oxygen atoms in total. The lowest BCUT2D eigenvalue weighted by Crippen LogP contribution is -2.53. The quantitative estimate of drug-likeness (QED) is 0.286. The molecular weight excluding hydrogens is 408 g/mol. The molecule has 0 saturated carbocycles. The van der Waals surface area contributed by atoms with Crippen LogP contribution in [0.2, 0.25) is 0 Å². The number of rotatable bonds is 10. The van der Waals surface area contributed by atoms with Gasteiger partial charge in [0.2, 0.25) is 5.91 Å². The molecule has 0 heterocycles. The summed E-state index contributed by atoms with van der Waals surface area (Å²) in [4.78, 5) is 36.5. The number of carbonyl (C=O) groups is 2. The van der Waals surface area contributed by atoms with E-state index in [0.29, 0.717) is 0 Å². The van der Waals surface area contributed by atoms with Gasteiger partial charge < -0.3 is 24.2 Å². The van der Waals surface area contributed by atoms with E-state index in [0.717, 1.165) is 12.4 Å². The van der Waals surface area contributed by atoms with Crippen LogP contribution in [0, 0.1) is 11.8 Å². The van der Waals surface area contributed by atoms with Gasteiger partial charge in [-0.15, -0.1) is 0 Å². The predicted molar refractivity (Wildman–Crippen MR) is 131 cm³/mol. The van der Waals surface area contributed by atoms with E-state index in [9.17, 15) is 9.59 Å². The molecule has 0 aliphatic rings. The number of nitrogens with zero attached hydrogens (tertiary/aromatic N) is 4. The summed E-state index contributed by atoms with van der Waals surface area (Å²) >= 11 is 0. The van der Waals surface area contributed by atoms with Crippen LogP contribution in [-0.4, -0.2) is 98.7 Å². The molecule has 188 valence electrons. The largest absolute Gasteiger partial charge is 0.460 e. The van der Waals surface area contributed by atoms with Crippen molar-refractivity contribution in [2.75, 3.05) is 42.3 Å². The summed E-state index contributed by atoms with van der Waals surface area (Å²) in [6, 6.07) is -0.839. The summed E-state index contributed by atoms with van der Waals surface area (Å²) in [5.74, 6) is 0.430. The fraction of sp³-hybridized carbons (Fsp3) is 0.875. The molecule has 0 aliphatic carbocycles. The molecule has 0 radical (unpaired) electrons. The van der Waals surface area contributed by atoms with Gasteiger partial charge in [0.15, 0.2) is 5.96 Å². The minimum atomic E-state index is -0.574. The zero-order valence-corrected chi connectivity index (χ0v) is 22.7. The summed E-state index contributed by atoms with van der Waals surface area (Å²) < 4.78 is 11.3. The van der Waals surface area contributed by atoms with E-state index in [4.69, 9.17) is 14.5 Å². The molecule has 0 spiro atoms. The number of hydrogen-bond acceptors (Lipinski definition) is 5. The maximum atomic E-state index is 13.7. The molecule has 0 aromatic rings. The van der Waals surface area contributed by atoms with Crippen molar-refractivity contribution in [3.05, 3.63) is 0 Å². The number of carbonyl (C=O) groups excluding carboxylic acids is 2.